The van der Waals surface area contributed by atoms with Crippen LogP contribution in [0.15, 0.2) is 21.5 Å². The zero-order valence-electron chi connectivity index (χ0n) is 7.19. The summed E-state index contributed by atoms with van der Waals surface area (Å²) in [6.07, 6.45) is 2.29. The third kappa shape index (κ3) is 2.13. The van der Waals surface area contributed by atoms with Gasteiger partial charge in [0.25, 0.3) is 5.69 Å². The maximum Gasteiger partial charge on any atom is 0.281 e. The molecule has 14 heavy (non-hydrogen) atoms. The summed E-state index contributed by atoms with van der Waals surface area (Å²) in [7, 11) is 0. The number of nitrogens with zero attached hydrogens (tertiary/aromatic N) is 1. The molecule has 0 saturated carbocycles. The van der Waals surface area contributed by atoms with Crippen LogP contribution in [-0.2, 0) is 0 Å². The van der Waals surface area contributed by atoms with Crippen molar-refractivity contribution in [2.24, 2.45) is 0 Å². The first-order chi connectivity index (χ1) is 6.60. The maximum absolute atomic E-state index is 10.6. The molecule has 0 radical (unpaired) electrons. The number of hydrogen-bond donors (Lipinski definition) is 0. The summed E-state index contributed by atoms with van der Waals surface area (Å²) in [4.78, 5) is 21.3. The van der Waals surface area contributed by atoms with E-state index in [0.717, 1.165) is 4.90 Å². The van der Waals surface area contributed by atoms with Gasteiger partial charge in [0.2, 0.25) is 0 Å². The Morgan fingerprint density at radius 1 is 1.57 bits per heavy atom. The Kier molecular flexibility index (Phi) is 3.65. The van der Waals surface area contributed by atoms with Gasteiger partial charge < -0.3 is 0 Å². The van der Waals surface area contributed by atoms with Crippen molar-refractivity contribution in [1.29, 1.82) is 0 Å². The second kappa shape index (κ2) is 4.56. The number of nitro benzene ring substituents is 1. The van der Waals surface area contributed by atoms with E-state index in [9.17, 15) is 14.9 Å². The number of carbonyl (C=O) groups is 1. The zero-order chi connectivity index (χ0) is 10.7. The molecule has 0 aliphatic heterocycles. The number of aldehydes is 1. The van der Waals surface area contributed by atoms with Crippen molar-refractivity contribution in [3.63, 3.8) is 0 Å². The van der Waals surface area contributed by atoms with Crippen molar-refractivity contribution in [3.05, 3.63) is 32.3 Å². The molecule has 0 saturated heterocycles. The summed E-state index contributed by atoms with van der Waals surface area (Å²) in [5.41, 5.74) is -0.0766. The van der Waals surface area contributed by atoms with Gasteiger partial charge in [-0.05, 0) is 28.3 Å². The van der Waals surface area contributed by atoms with E-state index in [2.05, 4.69) is 15.9 Å². The zero-order valence-corrected chi connectivity index (χ0v) is 9.59. The largest absolute Gasteiger partial charge is 0.298 e. The molecule has 0 N–H and O–H groups in total. The molecule has 1 aromatic carbocycles. The Morgan fingerprint density at radius 3 is 2.64 bits per heavy atom. The molecule has 6 heteroatoms. The van der Waals surface area contributed by atoms with Crippen LogP contribution in [-0.4, -0.2) is 17.5 Å². The van der Waals surface area contributed by atoms with Crippen LogP contribution in [0.25, 0.3) is 0 Å². The van der Waals surface area contributed by atoms with Gasteiger partial charge in [-0.15, -0.1) is 11.8 Å². The minimum Gasteiger partial charge on any atom is -0.298 e. The molecular formula is C8H6BrNO3S. The number of halogens is 1. The van der Waals surface area contributed by atoms with E-state index in [4.69, 9.17) is 0 Å². The lowest BCUT2D eigenvalue weighted by molar-refractivity contribution is -0.385. The molecule has 4 nitrogen and oxygen atoms in total. The quantitative estimate of drug-likeness (QED) is 0.368. The van der Waals surface area contributed by atoms with Crippen molar-refractivity contribution in [2.75, 3.05) is 6.26 Å². The monoisotopic (exact) mass is 275 g/mol. The van der Waals surface area contributed by atoms with Gasteiger partial charge >= 0.3 is 0 Å². The number of rotatable bonds is 3. The van der Waals surface area contributed by atoms with Gasteiger partial charge in [-0.2, -0.15) is 0 Å². The van der Waals surface area contributed by atoms with Crippen LogP contribution in [0.5, 0.6) is 0 Å². The lowest BCUT2D eigenvalue weighted by Gasteiger charge is -2.02. The Hall–Kier alpha value is -0.880. The second-order valence-corrected chi connectivity index (χ2v) is 4.12. The molecule has 0 atom stereocenters. The lowest BCUT2D eigenvalue weighted by atomic mass is 10.2. The highest BCUT2D eigenvalue weighted by molar-refractivity contribution is 9.10. The smallest absolute Gasteiger partial charge is 0.281 e. The van der Waals surface area contributed by atoms with Gasteiger partial charge in [-0.25, -0.2) is 0 Å². The van der Waals surface area contributed by atoms with Crippen molar-refractivity contribution in [2.45, 2.75) is 4.90 Å². The Morgan fingerprint density at radius 2 is 2.21 bits per heavy atom. The lowest BCUT2D eigenvalue weighted by Crippen LogP contribution is -1.95. The predicted molar refractivity (Wildman–Crippen MR) is 58.0 cm³/mol. The molecule has 0 aliphatic carbocycles. The molecule has 0 spiro atoms. The topological polar surface area (TPSA) is 60.2 Å². The van der Waals surface area contributed by atoms with Crippen LogP contribution in [0.3, 0.4) is 0 Å². The van der Waals surface area contributed by atoms with Gasteiger partial charge in [0.15, 0.2) is 6.29 Å². The average Bonchev–Trinajstić information content (AvgIpc) is 2.16. The molecular weight excluding hydrogens is 270 g/mol. The van der Waals surface area contributed by atoms with Gasteiger partial charge in [-0.3, -0.25) is 14.9 Å². The molecule has 0 amide bonds. The Balaban J connectivity index is 3.39. The van der Waals surface area contributed by atoms with Crippen molar-refractivity contribution >= 4 is 39.7 Å². The summed E-state index contributed by atoms with van der Waals surface area (Å²) in [6, 6.07) is 2.84. The molecule has 0 bridgehead atoms. The van der Waals surface area contributed by atoms with Gasteiger partial charge in [0, 0.05) is 15.4 Å². The van der Waals surface area contributed by atoms with E-state index in [1.54, 1.807) is 0 Å². The first-order valence-corrected chi connectivity index (χ1v) is 5.59. The highest BCUT2D eigenvalue weighted by atomic mass is 79.9. The normalized spacial score (nSPS) is 9.86. The third-order valence-electron chi connectivity index (χ3n) is 1.62. The second-order valence-electron chi connectivity index (χ2n) is 2.42. The van der Waals surface area contributed by atoms with E-state index in [1.807, 2.05) is 6.26 Å². The predicted octanol–water partition coefficient (Wildman–Crippen LogP) is 2.89. The summed E-state index contributed by atoms with van der Waals surface area (Å²) in [6.45, 7) is 0. The van der Waals surface area contributed by atoms with Gasteiger partial charge in [0.05, 0.1) is 10.5 Å². The number of benzene rings is 1. The van der Waals surface area contributed by atoms with Crippen molar-refractivity contribution < 1.29 is 9.72 Å². The molecule has 74 valence electrons. The number of hydrogen-bond acceptors (Lipinski definition) is 4. The molecule has 1 aromatic rings. The maximum atomic E-state index is 10.6. The third-order valence-corrected chi connectivity index (χ3v) is 3.32. The summed E-state index contributed by atoms with van der Waals surface area (Å²) in [5.74, 6) is 0. The van der Waals surface area contributed by atoms with Crippen LogP contribution >= 0.6 is 27.7 Å². The fraction of sp³-hybridized carbons (Fsp3) is 0.125. The van der Waals surface area contributed by atoms with Crippen LogP contribution in [0.2, 0.25) is 0 Å². The number of carbonyl (C=O) groups excluding carboxylic acids is 1. The van der Waals surface area contributed by atoms with E-state index in [1.165, 1.54) is 23.9 Å². The minimum atomic E-state index is -0.560. The van der Waals surface area contributed by atoms with Crippen LogP contribution in [0.4, 0.5) is 5.69 Å². The Labute approximate surface area is 93.0 Å². The van der Waals surface area contributed by atoms with Crippen LogP contribution in [0, 0.1) is 10.1 Å². The molecule has 0 fully saturated rings. The summed E-state index contributed by atoms with van der Waals surface area (Å²) >= 11 is 4.61. The molecule has 1 rings (SSSR count). The Bertz CT molecular complexity index is 394. The highest BCUT2D eigenvalue weighted by Gasteiger charge is 2.16. The number of nitro groups is 1. The van der Waals surface area contributed by atoms with Crippen LogP contribution < -0.4 is 0 Å². The molecule has 0 heterocycles. The van der Waals surface area contributed by atoms with Crippen LogP contribution in [0.1, 0.15) is 10.4 Å². The first kappa shape index (κ1) is 11.2. The molecule has 0 aliphatic rings. The number of thioether (sulfide) groups is 1. The fourth-order valence-corrected chi connectivity index (χ4v) is 2.30. The van der Waals surface area contributed by atoms with E-state index < -0.39 is 4.92 Å². The standard InChI is InChI=1S/C8H6BrNO3S/c1-14-8-3-7(10(12)13)5(4-11)2-6(8)9/h2-4H,1H3. The molecule has 0 aromatic heterocycles. The average molecular weight is 276 g/mol. The van der Waals surface area contributed by atoms with E-state index in [-0.39, 0.29) is 11.3 Å². The fourth-order valence-electron chi connectivity index (χ4n) is 0.967. The van der Waals surface area contributed by atoms with Gasteiger partial charge in [0.1, 0.15) is 0 Å². The van der Waals surface area contributed by atoms with Crippen molar-refractivity contribution in [3.8, 4) is 0 Å². The van der Waals surface area contributed by atoms with E-state index >= 15 is 0 Å². The summed E-state index contributed by atoms with van der Waals surface area (Å²) in [5, 5.41) is 10.6. The molecule has 0 unspecified atom stereocenters. The first-order valence-electron chi connectivity index (χ1n) is 3.57. The SMILES string of the molecule is CSc1cc([N+](=O)[O-])c(C=O)cc1Br. The minimum absolute atomic E-state index is 0.0830. The van der Waals surface area contributed by atoms with Crippen molar-refractivity contribution in [1.82, 2.24) is 0 Å². The highest BCUT2D eigenvalue weighted by Crippen LogP contribution is 2.31. The summed E-state index contributed by atoms with van der Waals surface area (Å²) < 4.78 is 0.692. The van der Waals surface area contributed by atoms with E-state index in [0.29, 0.717) is 10.8 Å². The van der Waals surface area contributed by atoms with Gasteiger partial charge in [-0.1, -0.05) is 0 Å².